The number of amides is 1. The molecule has 1 amide bonds. The number of carbonyl (C=O) groups is 2. The molecule has 1 aliphatic heterocycles. The number of thioether (sulfide) groups is 1. The number of halogens is 1. The number of hydrogen-bond donors (Lipinski definition) is 2. The van der Waals surface area contributed by atoms with E-state index in [1.807, 2.05) is 0 Å². The molecule has 1 unspecified atom stereocenters. The quantitative estimate of drug-likeness (QED) is 0.862. The van der Waals surface area contributed by atoms with Crippen LogP contribution in [-0.2, 0) is 4.79 Å². The molecule has 1 fully saturated rings. The smallest absolute Gasteiger partial charge is 0.327 e. The minimum atomic E-state index is -0.981. The molecule has 0 bridgehead atoms. The Balaban J connectivity index is 2.34. The first-order valence-corrected chi connectivity index (χ1v) is 6.82. The van der Waals surface area contributed by atoms with Crippen molar-refractivity contribution in [1.82, 2.24) is 0 Å². The van der Waals surface area contributed by atoms with E-state index in [4.69, 9.17) is 10.8 Å². The van der Waals surface area contributed by atoms with Crippen LogP contribution in [0.15, 0.2) is 18.2 Å². The number of carbonyl (C=O) groups excluding carboxylic acids is 1. The number of primary amides is 1. The summed E-state index contributed by atoms with van der Waals surface area (Å²) in [6.07, 6.45) is 0. The molecule has 1 aliphatic rings. The van der Waals surface area contributed by atoms with Crippen LogP contribution in [0.5, 0.6) is 0 Å². The van der Waals surface area contributed by atoms with E-state index in [-0.39, 0.29) is 11.3 Å². The molecule has 2 rings (SSSR count). The summed E-state index contributed by atoms with van der Waals surface area (Å²) in [5.41, 5.74) is 5.33. The molecule has 19 heavy (non-hydrogen) atoms. The summed E-state index contributed by atoms with van der Waals surface area (Å²) in [6.45, 7) is 0.453. The maximum absolute atomic E-state index is 14.0. The minimum absolute atomic E-state index is 0.0690. The van der Waals surface area contributed by atoms with Crippen molar-refractivity contribution in [3.8, 4) is 0 Å². The Morgan fingerprint density at radius 2 is 2.21 bits per heavy atom. The topological polar surface area (TPSA) is 83.6 Å². The molecule has 102 valence electrons. The van der Waals surface area contributed by atoms with Gasteiger partial charge in [0.2, 0.25) is 5.91 Å². The fourth-order valence-corrected chi connectivity index (χ4v) is 3.03. The first kappa shape index (κ1) is 13.7. The number of benzene rings is 1. The van der Waals surface area contributed by atoms with E-state index in [9.17, 15) is 14.0 Å². The number of anilines is 1. The van der Waals surface area contributed by atoms with Crippen molar-refractivity contribution in [3.63, 3.8) is 0 Å². The van der Waals surface area contributed by atoms with Gasteiger partial charge in [0.15, 0.2) is 0 Å². The maximum atomic E-state index is 14.0. The summed E-state index contributed by atoms with van der Waals surface area (Å²) in [4.78, 5) is 23.6. The minimum Gasteiger partial charge on any atom is -0.480 e. The zero-order valence-electron chi connectivity index (χ0n) is 10.0. The number of nitrogens with zero attached hydrogens (tertiary/aromatic N) is 1. The molecule has 0 aromatic heterocycles. The van der Waals surface area contributed by atoms with Crippen LogP contribution >= 0.6 is 11.8 Å². The van der Waals surface area contributed by atoms with Gasteiger partial charge in [-0.2, -0.15) is 11.8 Å². The number of hydrogen-bond acceptors (Lipinski definition) is 4. The standard InChI is InChI=1S/C12H13FN2O3S/c13-8-5-7(11(14)16)1-2-9(8)15-3-4-19-6-10(15)12(17)18/h1-2,5,10H,3-4,6H2,(H2,14,16)(H,17,18). The molecule has 0 spiro atoms. The lowest BCUT2D eigenvalue weighted by Crippen LogP contribution is -2.47. The monoisotopic (exact) mass is 284 g/mol. The molecular formula is C12H13FN2O3S. The first-order chi connectivity index (χ1) is 9.00. The van der Waals surface area contributed by atoms with Crippen LogP contribution in [0, 0.1) is 5.82 Å². The first-order valence-electron chi connectivity index (χ1n) is 5.67. The third kappa shape index (κ3) is 2.81. The van der Waals surface area contributed by atoms with Crippen LogP contribution in [0.1, 0.15) is 10.4 Å². The summed E-state index contributed by atoms with van der Waals surface area (Å²) in [6, 6.07) is 3.09. The van der Waals surface area contributed by atoms with Crippen molar-refractivity contribution in [2.75, 3.05) is 23.0 Å². The van der Waals surface area contributed by atoms with Gasteiger partial charge in [0, 0.05) is 23.6 Å². The highest BCUT2D eigenvalue weighted by Gasteiger charge is 2.30. The highest BCUT2D eigenvalue weighted by molar-refractivity contribution is 7.99. The van der Waals surface area contributed by atoms with Gasteiger partial charge in [-0.15, -0.1) is 0 Å². The van der Waals surface area contributed by atoms with Gasteiger partial charge >= 0.3 is 5.97 Å². The van der Waals surface area contributed by atoms with E-state index in [1.165, 1.54) is 28.8 Å². The highest BCUT2D eigenvalue weighted by atomic mass is 32.2. The summed E-state index contributed by atoms with van der Waals surface area (Å²) in [5, 5.41) is 9.15. The van der Waals surface area contributed by atoms with Crippen molar-refractivity contribution in [3.05, 3.63) is 29.6 Å². The molecule has 1 heterocycles. The van der Waals surface area contributed by atoms with Crippen LogP contribution in [0.2, 0.25) is 0 Å². The SMILES string of the molecule is NC(=O)c1ccc(N2CCSCC2C(=O)O)c(F)c1. The van der Waals surface area contributed by atoms with E-state index >= 15 is 0 Å². The zero-order chi connectivity index (χ0) is 14.0. The highest BCUT2D eigenvalue weighted by Crippen LogP contribution is 2.27. The Morgan fingerprint density at radius 3 is 2.79 bits per heavy atom. The van der Waals surface area contributed by atoms with E-state index in [0.717, 1.165) is 11.8 Å². The Labute approximate surface area is 113 Å². The molecule has 0 radical (unpaired) electrons. The fourth-order valence-electron chi connectivity index (χ4n) is 1.99. The third-order valence-corrected chi connectivity index (χ3v) is 3.98. The molecule has 3 N–H and O–H groups in total. The van der Waals surface area contributed by atoms with Gasteiger partial charge in [-0.05, 0) is 18.2 Å². The second-order valence-corrected chi connectivity index (χ2v) is 5.30. The van der Waals surface area contributed by atoms with Crippen molar-refractivity contribution in [2.24, 2.45) is 5.73 Å². The summed E-state index contributed by atoms with van der Waals surface area (Å²) in [7, 11) is 0. The second-order valence-electron chi connectivity index (χ2n) is 4.15. The summed E-state index contributed by atoms with van der Waals surface area (Å²) >= 11 is 1.52. The Hall–Kier alpha value is -1.76. The molecule has 1 atom stereocenters. The molecule has 5 nitrogen and oxygen atoms in total. The van der Waals surface area contributed by atoms with E-state index in [2.05, 4.69) is 0 Å². The van der Waals surface area contributed by atoms with Gasteiger partial charge in [0.1, 0.15) is 11.9 Å². The molecule has 1 aromatic carbocycles. The normalized spacial score (nSPS) is 19.2. The van der Waals surface area contributed by atoms with E-state index < -0.39 is 23.7 Å². The Kier molecular flexibility index (Phi) is 3.94. The zero-order valence-corrected chi connectivity index (χ0v) is 10.8. The predicted octanol–water partition coefficient (Wildman–Crippen LogP) is 0.931. The van der Waals surface area contributed by atoms with E-state index in [1.54, 1.807) is 0 Å². The maximum Gasteiger partial charge on any atom is 0.327 e. The largest absolute Gasteiger partial charge is 0.480 e. The molecule has 0 saturated carbocycles. The van der Waals surface area contributed by atoms with Gasteiger partial charge in [-0.25, -0.2) is 9.18 Å². The second kappa shape index (κ2) is 5.48. The lowest BCUT2D eigenvalue weighted by Gasteiger charge is -2.34. The van der Waals surface area contributed by atoms with Crippen molar-refractivity contribution < 1.29 is 19.1 Å². The average Bonchev–Trinajstić information content (AvgIpc) is 2.38. The van der Waals surface area contributed by atoms with Crippen molar-refractivity contribution in [2.45, 2.75) is 6.04 Å². The van der Waals surface area contributed by atoms with Crippen LogP contribution in [0.4, 0.5) is 10.1 Å². The van der Waals surface area contributed by atoms with Gasteiger partial charge in [-0.1, -0.05) is 0 Å². The molecule has 1 saturated heterocycles. The van der Waals surface area contributed by atoms with Gasteiger partial charge < -0.3 is 15.7 Å². The van der Waals surface area contributed by atoms with Gasteiger partial charge in [0.05, 0.1) is 5.69 Å². The van der Waals surface area contributed by atoms with Crippen LogP contribution in [0.25, 0.3) is 0 Å². The fraction of sp³-hybridized carbons (Fsp3) is 0.333. The van der Waals surface area contributed by atoms with E-state index in [0.29, 0.717) is 12.3 Å². The number of aliphatic carboxylic acids is 1. The van der Waals surface area contributed by atoms with Crippen molar-refractivity contribution >= 4 is 29.3 Å². The number of nitrogens with two attached hydrogens (primary N) is 1. The number of carboxylic acids is 1. The van der Waals surface area contributed by atoms with Crippen LogP contribution in [-0.4, -0.2) is 41.1 Å². The number of rotatable bonds is 3. The molecule has 7 heteroatoms. The summed E-state index contributed by atoms with van der Waals surface area (Å²) in [5.74, 6) is -1.18. The summed E-state index contributed by atoms with van der Waals surface area (Å²) < 4.78 is 14.0. The number of carboxylic acid groups (broad SMARTS) is 1. The Bertz CT molecular complexity index is 524. The van der Waals surface area contributed by atoms with Crippen LogP contribution in [0.3, 0.4) is 0 Å². The molecule has 1 aromatic rings. The Morgan fingerprint density at radius 1 is 1.47 bits per heavy atom. The van der Waals surface area contributed by atoms with Crippen LogP contribution < -0.4 is 10.6 Å². The lowest BCUT2D eigenvalue weighted by molar-refractivity contribution is -0.138. The van der Waals surface area contributed by atoms with Gasteiger partial charge in [0.25, 0.3) is 0 Å². The molecular weight excluding hydrogens is 271 g/mol. The average molecular weight is 284 g/mol. The van der Waals surface area contributed by atoms with Crippen molar-refractivity contribution in [1.29, 1.82) is 0 Å². The molecule has 0 aliphatic carbocycles. The third-order valence-electron chi connectivity index (χ3n) is 2.96. The predicted molar refractivity (Wildman–Crippen MR) is 71.0 cm³/mol. The lowest BCUT2D eigenvalue weighted by atomic mass is 10.1. The van der Waals surface area contributed by atoms with Gasteiger partial charge in [-0.3, -0.25) is 4.79 Å².